The molecule has 0 saturated heterocycles. The van der Waals surface area contributed by atoms with E-state index in [1.54, 1.807) is 13.0 Å². The number of allylic oxidation sites excluding steroid dienone is 2. The smallest absolute Gasteiger partial charge is 0.266 e. The zero-order valence-electron chi connectivity index (χ0n) is 9.59. The lowest BCUT2D eigenvalue weighted by Gasteiger charge is -2.38. The lowest BCUT2D eigenvalue weighted by atomic mass is 9.80. The van der Waals surface area contributed by atoms with E-state index in [1.165, 1.54) is 0 Å². The molecule has 0 spiro atoms. The lowest BCUT2D eigenvalue weighted by Crippen LogP contribution is -2.50. The predicted octanol–water partition coefficient (Wildman–Crippen LogP) is 3.14. The summed E-state index contributed by atoms with van der Waals surface area (Å²) in [7, 11) is 0. The van der Waals surface area contributed by atoms with Crippen molar-refractivity contribution >= 4 is 40.7 Å². The molecule has 0 radical (unpaired) electrons. The maximum Gasteiger partial charge on any atom is 0.266 e. The quantitative estimate of drug-likeness (QED) is 0.698. The maximum atomic E-state index is 10.5. The summed E-state index contributed by atoms with van der Waals surface area (Å²) in [5.41, 5.74) is -0.825. The molecule has 1 heterocycles. The molecule has 6 heteroatoms. The van der Waals surface area contributed by atoms with Crippen LogP contribution in [-0.4, -0.2) is 26.1 Å². The van der Waals surface area contributed by atoms with Crippen LogP contribution in [0.15, 0.2) is 28.3 Å². The third-order valence-electron chi connectivity index (χ3n) is 3.14. The third kappa shape index (κ3) is 1.89. The van der Waals surface area contributed by atoms with Gasteiger partial charge in [0.25, 0.3) is 3.79 Å². The van der Waals surface area contributed by atoms with E-state index in [-0.39, 0.29) is 5.90 Å². The van der Waals surface area contributed by atoms with Gasteiger partial charge in [-0.2, -0.15) is 0 Å². The van der Waals surface area contributed by atoms with Gasteiger partial charge in [-0.1, -0.05) is 46.5 Å². The average molecular weight is 297 g/mol. The third-order valence-corrected chi connectivity index (χ3v) is 3.63. The highest BCUT2D eigenvalue weighted by atomic mass is 35.6. The molecule has 1 aliphatic heterocycles. The standard InChI is InChI=1S/C11H12Cl3NO2/c1-6-4-7(2)9(3)10(16,5-6)15-8(17-9)11(12,13)14/h4-5,16H,1-3H3. The molecule has 2 atom stereocenters. The first-order valence-electron chi connectivity index (χ1n) is 5.05. The van der Waals surface area contributed by atoms with Gasteiger partial charge >= 0.3 is 0 Å². The minimum Gasteiger partial charge on any atom is -0.461 e. The van der Waals surface area contributed by atoms with Gasteiger partial charge in [-0.25, -0.2) is 4.99 Å². The number of aliphatic imine (C=N–C) groups is 1. The van der Waals surface area contributed by atoms with E-state index in [0.29, 0.717) is 0 Å². The van der Waals surface area contributed by atoms with Crippen LogP contribution in [0.2, 0.25) is 0 Å². The minimum atomic E-state index is -1.78. The average Bonchev–Trinajstić information content (AvgIpc) is 2.38. The topological polar surface area (TPSA) is 41.8 Å². The first kappa shape index (κ1) is 13.2. The van der Waals surface area contributed by atoms with Gasteiger partial charge in [-0.15, -0.1) is 0 Å². The molecule has 0 fully saturated rings. The normalized spacial score (nSPS) is 36.8. The Kier molecular flexibility index (Phi) is 2.83. The molecule has 0 bridgehead atoms. The molecule has 94 valence electrons. The Labute approximate surface area is 115 Å². The Morgan fingerprint density at radius 1 is 1.35 bits per heavy atom. The molecular weight excluding hydrogens is 284 g/mol. The van der Waals surface area contributed by atoms with Crippen molar-refractivity contribution in [3.8, 4) is 0 Å². The van der Waals surface area contributed by atoms with E-state index >= 15 is 0 Å². The lowest BCUT2D eigenvalue weighted by molar-refractivity contribution is -0.0481. The van der Waals surface area contributed by atoms with Crippen LogP contribution in [0.3, 0.4) is 0 Å². The Morgan fingerprint density at radius 2 is 1.94 bits per heavy atom. The number of aliphatic hydroxyl groups is 1. The van der Waals surface area contributed by atoms with Gasteiger partial charge in [-0.05, 0) is 32.4 Å². The van der Waals surface area contributed by atoms with Crippen LogP contribution < -0.4 is 0 Å². The molecule has 3 nitrogen and oxygen atoms in total. The fourth-order valence-corrected chi connectivity index (χ4v) is 2.30. The van der Waals surface area contributed by atoms with Gasteiger partial charge < -0.3 is 9.84 Å². The number of hydrogen-bond donors (Lipinski definition) is 1. The Hall–Kier alpha value is -0.220. The van der Waals surface area contributed by atoms with Crippen LogP contribution in [-0.2, 0) is 4.74 Å². The molecule has 0 saturated carbocycles. The number of fused-ring (bicyclic) bond motifs is 1. The Morgan fingerprint density at radius 3 is 2.47 bits per heavy atom. The number of alkyl halides is 3. The zero-order chi connectivity index (χ0) is 13.1. The van der Waals surface area contributed by atoms with E-state index in [9.17, 15) is 5.11 Å². The van der Waals surface area contributed by atoms with Crippen molar-refractivity contribution in [2.24, 2.45) is 4.99 Å². The highest BCUT2D eigenvalue weighted by molar-refractivity contribution is 6.76. The van der Waals surface area contributed by atoms with Gasteiger partial charge in [0.05, 0.1) is 0 Å². The van der Waals surface area contributed by atoms with Gasteiger partial charge in [-0.3, -0.25) is 0 Å². The summed E-state index contributed by atoms with van der Waals surface area (Å²) in [4.78, 5) is 4.02. The molecule has 17 heavy (non-hydrogen) atoms. The number of rotatable bonds is 0. The van der Waals surface area contributed by atoms with Crippen LogP contribution in [0.1, 0.15) is 20.8 Å². The number of nitrogens with zero attached hydrogens (tertiary/aromatic N) is 1. The fraction of sp³-hybridized carbons (Fsp3) is 0.545. The molecule has 0 aromatic heterocycles. The summed E-state index contributed by atoms with van der Waals surface area (Å²) in [5.74, 6) is -0.0915. The molecule has 1 N–H and O–H groups in total. The van der Waals surface area contributed by atoms with Crippen molar-refractivity contribution in [2.45, 2.75) is 35.9 Å². The maximum absolute atomic E-state index is 10.5. The Bertz CT molecular complexity index is 464. The van der Waals surface area contributed by atoms with Gasteiger partial charge in [0, 0.05) is 0 Å². The summed E-state index contributed by atoms with van der Waals surface area (Å²) in [6.45, 7) is 5.43. The molecule has 2 rings (SSSR count). The highest BCUT2D eigenvalue weighted by Crippen LogP contribution is 2.47. The molecule has 0 amide bonds. The summed E-state index contributed by atoms with van der Waals surface area (Å²) < 4.78 is 3.79. The summed E-state index contributed by atoms with van der Waals surface area (Å²) in [6.07, 6.45) is 3.51. The molecular formula is C11H12Cl3NO2. The molecule has 0 aromatic rings. The van der Waals surface area contributed by atoms with Crippen molar-refractivity contribution in [1.82, 2.24) is 0 Å². The van der Waals surface area contributed by atoms with Gasteiger partial charge in [0.2, 0.25) is 11.6 Å². The molecule has 1 aliphatic carbocycles. The van der Waals surface area contributed by atoms with Crippen molar-refractivity contribution in [2.75, 3.05) is 0 Å². The van der Waals surface area contributed by atoms with Crippen molar-refractivity contribution in [1.29, 1.82) is 0 Å². The zero-order valence-corrected chi connectivity index (χ0v) is 11.9. The SMILES string of the molecule is CC1=CC2(O)N=C(C(Cl)(Cl)Cl)OC2(C)C(C)=C1. The first-order chi connectivity index (χ1) is 7.58. The second-order valence-electron chi connectivity index (χ2n) is 4.49. The van der Waals surface area contributed by atoms with Crippen LogP contribution in [0.25, 0.3) is 0 Å². The number of hydrogen-bond acceptors (Lipinski definition) is 3. The van der Waals surface area contributed by atoms with Crippen molar-refractivity contribution in [3.63, 3.8) is 0 Å². The van der Waals surface area contributed by atoms with E-state index in [4.69, 9.17) is 39.5 Å². The van der Waals surface area contributed by atoms with E-state index in [0.717, 1.165) is 11.1 Å². The largest absolute Gasteiger partial charge is 0.461 e. The number of ether oxygens (including phenoxy) is 1. The van der Waals surface area contributed by atoms with E-state index < -0.39 is 15.1 Å². The van der Waals surface area contributed by atoms with E-state index in [2.05, 4.69) is 4.99 Å². The van der Waals surface area contributed by atoms with Gasteiger partial charge in [0.1, 0.15) is 0 Å². The van der Waals surface area contributed by atoms with E-state index in [1.807, 2.05) is 19.9 Å². The monoisotopic (exact) mass is 295 g/mol. The fourth-order valence-electron chi connectivity index (χ4n) is 2.05. The van der Waals surface area contributed by atoms with Gasteiger partial charge in [0.15, 0.2) is 5.60 Å². The van der Waals surface area contributed by atoms with Crippen molar-refractivity contribution in [3.05, 3.63) is 23.3 Å². The second-order valence-corrected chi connectivity index (χ2v) is 6.77. The number of halogens is 3. The van der Waals surface area contributed by atoms with Crippen molar-refractivity contribution < 1.29 is 9.84 Å². The minimum absolute atomic E-state index is 0.0915. The summed E-state index contributed by atoms with van der Waals surface area (Å²) >= 11 is 17.2. The molecule has 2 aliphatic rings. The summed E-state index contributed by atoms with van der Waals surface area (Å²) in [6, 6.07) is 0. The van der Waals surface area contributed by atoms with Crippen LogP contribution in [0, 0.1) is 0 Å². The Balaban J connectivity index is 2.53. The van der Waals surface area contributed by atoms with Crippen LogP contribution >= 0.6 is 34.8 Å². The molecule has 2 unspecified atom stereocenters. The molecule has 0 aromatic carbocycles. The highest BCUT2D eigenvalue weighted by Gasteiger charge is 2.58. The first-order valence-corrected chi connectivity index (χ1v) is 6.18. The predicted molar refractivity (Wildman–Crippen MR) is 69.7 cm³/mol. The van der Waals surface area contributed by atoms with Crippen LogP contribution in [0.5, 0.6) is 0 Å². The van der Waals surface area contributed by atoms with Crippen LogP contribution in [0.4, 0.5) is 0 Å². The summed E-state index contributed by atoms with van der Waals surface area (Å²) in [5, 5.41) is 10.5. The second kappa shape index (κ2) is 3.64.